The molecule has 39 heavy (non-hydrogen) atoms. The molecule has 1 amide bonds. The van der Waals surface area contributed by atoms with E-state index in [9.17, 15) is 4.79 Å². The molecule has 2 aromatic carbocycles. The summed E-state index contributed by atoms with van der Waals surface area (Å²) in [6.45, 7) is 0.621. The van der Waals surface area contributed by atoms with Gasteiger partial charge in [0.25, 0.3) is 0 Å². The van der Waals surface area contributed by atoms with E-state index < -0.39 is 0 Å². The first-order chi connectivity index (χ1) is 19.2. The maximum absolute atomic E-state index is 13.8. The number of H-pyrrole nitrogens is 1. The molecule has 0 bridgehead atoms. The van der Waals surface area contributed by atoms with E-state index in [0.29, 0.717) is 11.6 Å². The van der Waals surface area contributed by atoms with E-state index in [2.05, 4.69) is 37.6 Å². The summed E-state index contributed by atoms with van der Waals surface area (Å²) in [6.07, 6.45) is 12.1. The van der Waals surface area contributed by atoms with Crippen molar-refractivity contribution in [3.05, 3.63) is 114 Å². The lowest BCUT2D eigenvalue weighted by atomic mass is 9.83. The molecule has 4 heterocycles. The molecule has 1 aliphatic rings. The van der Waals surface area contributed by atoms with Crippen molar-refractivity contribution in [1.29, 1.82) is 0 Å². The quantitative estimate of drug-likeness (QED) is 0.297. The van der Waals surface area contributed by atoms with Gasteiger partial charge in [0.05, 0.1) is 17.4 Å². The Kier molecular flexibility index (Phi) is 6.97. The Bertz CT molecular complexity index is 1580. The van der Waals surface area contributed by atoms with Gasteiger partial charge >= 0.3 is 0 Å². The highest BCUT2D eigenvalue weighted by atomic mass is 35.5. The van der Waals surface area contributed by atoms with Gasteiger partial charge in [-0.25, -0.2) is 4.98 Å². The summed E-state index contributed by atoms with van der Waals surface area (Å²) < 4.78 is 1.54. The average molecular weight is 537 g/mol. The largest absolute Gasteiger partial charge is 0.346 e. The highest BCUT2D eigenvalue weighted by Crippen LogP contribution is 2.42. The molecule has 0 radical (unpaired) electrons. The lowest BCUT2D eigenvalue weighted by Crippen LogP contribution is -2.41. The van der Waals surface area contributed by atoms with Gasteiger partial charge in [0.15, 0.2) is 0 Å². The molecule has 6 rings (SSSR count). The van der Waals surface area contributed by atoms with E-state index in [-0.39, 0.29) is 17.9 Å². The number of halogens is 1. The van der Waals surface area contributed by atoms with Crippen molar-refractivity contribution in [1.82, 2.24) is 40.1 Å². The minimum absolute atomic E-state index is 0.0909. The van der Waals surface area contributed by atoms with Gasteiger partial charge in [-0.2, -0.15) is 4.68 Å². The molecule has 3 aromatic heterocycles. The number of hydrogen-bond donors (Lipinski definition) is 1. The summed E-state index contributed by atoms with van der Waals surface area (Å²) in [5.74, 6) is 0.733. The lowest BCUT2D eigenvalue weighted by molar-refractivity contribution is -0.130. The maximum Gasteiger partial charge on any atom is 0.247 e. The van der Waals surface area contributed by atoms with Crippen LogP contribution in [0.1, 0.15) is 41.8 Å². The number of piperidine rings is 1. The zero-order valence-electron chi connectivity index (χ0n) is 20.9. The van der Waals surface area contributed by atoms with Gasteiger partial charge < -0.3 is 9.88 Å². The first-order valence-electron chi connectivity index (χ1n) is 12.7. The van der Waals surface area contributed by atoms with Gasteiger partial charge in [-0.15, -0.1) is 5.10 Å². The standard InChI is InChI=1S/C29H25ClN8O/c30-23-11-12-26(38-19-33-35-36-38)21(16-23)10-13-27(39)37-15-5-9-24(20-6-2-1-3-7-20)28(37)29-32-18-25(34-29)22-8-4-14-31-17-22/h1-4,6-8,10-14,16-19,24,28H,5,9,15H2,(H,32,34). The molecule has 1 fully saturated rings. The molecule has 0 saturated carbocycles. The third-order valence-electron chi connectivity index (χ3n) is 6.97. The van der Waals surface area contributed by atoms with Gasteiger partial charge in [-0.05, 0) is 65.2 Å². The molecule has 1 saturated heterocycles. The predicted octanol–water partition coefficient (Wildman–Crippen LogP) is 5.26. The van der Waals surface area contributed by atoms with Gasteiger partial charge in [-0.3, -0.25) is 9.78 Å². The number of hydrogen-bond acceptors (Lipinski definition) is 6. The van der Waals surface area contributed by atoms with Crippen LogP contribution in [0.5, 0.6) is 0 Å². The van der Waals surface area contributed by atoms with E-state index in [1.807, 2.05) is 47.5 Å². The monoisotopic (exact) mass is 536 g/mol. The van der Waals surface area contributed by atoms with Crippen LogP contribution in [0.2, 0.25) is 5.02 Å². The Hall–Kier alpha value is -4.63. The van der Waals surface area contributed by atoms with Crippen LogP contribution >= 0.6 is 11.6 Å². The van der Waals surface area contributed by atoms with Gasteiger partial charge in [-0.1, -0.05) is 41.9 Å². The van der Waals surface area contributed by atoms with Crippen molar-refractivity contribution >= 4 is 23.6 Å². The van der Waals surface area contributed by atoms with Crippen molar-refractivity contribution in [3.63, 3.8) is 0 Å². The molecule has 5 aromatic rings. The minimum Gasteiger partial charge on any atom is -0.346 e. The zero-order valence-corrected chi connectivity index (χ0v) is 21.7. The van der Waals surface area contributed by atoms with Crippen molar-refractivity contribution in [2.45, 2.75) is 24.8 Å². The summed E-state index contributed by atoms with van der Waals surface area (Å²) in [6, 6.07) is 19.3. The normalized spacial score (nSPS) is 17.5. The number of pyridine rings is 1. The molecular formula is C29H25ClN8O. The fraction of sp³-hybridized carbons (Fsp3) is 0.172. The minimum atomic E-state index is -0.262. The third kappa shape index (κ3) is 5.21. The number of imidazole rings is 1. The van der Waals surface area contributed by atoms with Crippen molar-refractivity contribution < 1.29 is 4.79 Å². The van der Waals surface area contributed by atoms with Gasteiger partial charge in [0.2, 0.25) is 5.91 Å². The van der Waals surface area contributed by atoms with E-state index in [0.717, 1.165) is 41.2 Å². The van der Waals surface area contributed by atoms with E-state index >= 15 is 0 Å². The molecular weight excluding hydrogens is 512 g/mol. The lowest BCUT2D eigenvalue weighted by Gasteiger charge is -2.40. The molecule has 10 heteroatoms. The maximum atomic E-state index is 13.8. The van der Waals surface area contributed by atoms with Crippen LogP contribution in [-0.2, 0) is 4.79 Å². The first-order valence-corrected chi connectivity index (χ1v) is 13.1. The molecule has 1 aliphatic heterocycles. The number of rotatable bonds is 6. The van der Waals surface area contributed by atoms with E-state index in [1.54, 1.807) is 41.4 Å². The first kappa shape index (κ1) is 24.7. The van der Waals surface area contributed by atoms with Crippen LogP contribution in [0.3, 0.4) is 0 Å². The topological polar surface area (TPSA) is 105 Å². The summed E-state index contributed by atoms with van der Waals surface area (Å²) in [4.78, 5) is 28.2. The SMILES string of the molecule is O=C(C=Cc1cc(Cl)ccc1-n1cnnn1)N1CCCC(c2ccccc2)C1c1nc(-c2cccnc2)c[nH]1. The van der Waals surface area contributed by atoms with Crippen LogP contribution in [0, 0.1) is 0 Å². The Morgan fingerprint density at radius 2 is 2.00 bits per heavy atom. The predicted molar refractivity (Wildman–Crippen MR) is 148 cm³/mol. The zero-order chi connectivity index (χ0) is 26.6. The van der Waals surface area contributed by atoms with Crippen LogP contribution in [0.15, 0.2) is 91.7 Å². The van der Waals surface area contributed by atoms with E-state index in [1.165, 1.54) is 11.9 Å². The number of amides is 1. The number of nitrogens with one attached hydrogen (secondary N) is 1. The van der Waals surface area contributed by atoms with Gasteiger partial charge in [0.1, 0.15) is 12.2 Å². The van der Waals surface area contributed by atoms with Crippen LogP contribution in [0.4, 0.5) is 0 Å². The number of nitrogens with zero attached hydrogens (tertiary/aromatic N) is 7. The number of tetrazole rings is 1. The molecule has 0 aliphatic carbocycles. The average Bonchev–Trinajstić information content (AvgIpc) is 3.70. The Balaban J connectivity index is 1.35. The van der Waals surface area contributed by atoms with E-state index in [4.69, 9.17) is 16.6 Å². The number of likely N-dealkylation sites (tertiary alicyclic amines) is 1. The molecule has 9 nitrogen and oxygen atoms in total. The summed E-state index contributed by atoms with van der Waals surface area (Å²) in [5.41, 5.74) is 4.34. The molecule has 1 N–H and O–H groups in total. The molecule has 194 valence electrons. The summed E-state index contributed by atoms with van der Waals surface area (Å²) in [5, 5.41) is 12.0. The fourth-order valence-electron chi connectivity index (χ4n) is 5.18. The second-order valence-electron chi connectivity index (χ2n) is 9.34. The second-order valence-corrected chi connectivity index (χ2v) is 9.78. The number of benzene rings is 2. The Labute approximate surface area is 230 Å². The molecule has 2 unspecified atom stereocenters. The Morgan fingerprint density at radius 1 is 1.10 bits per heavy atom. The second kappa shape index (κ2) is 11.0. The molecule has 2 atom stereocenters. The third-order valence-corrected chi connectivity index (χ3v) is 7.20. The van der Waals surface area contributed by atoms with Crippen LogP contribution in [0.25, 0.3) is 23.0 Å². The number of aromatic amines is 1. The highest BCUT2D eigenvalue weighted by Gasteiger charge is 2.37. The van der Waals surface area contributed by atoms with Crippen LogP contribution in [-0.4, -0.2) is 52.5 Å². The highest BCUT2D eigenvalue weighted by molar-refractivity contribution is 6.30. The Morgan fingerprint density at radius 3 is 2.79 bits per heavy atom. The summed E-state index contributed by atoms with van der Waals surface area (Å²) >= 11 is 6.28. The van der Waals surface area contributed by atoms with Crippen molar-refractivity contribution in [2.24, 2.45) is 0 Å². The van der Waals surface area contributed by atoms with Crippen molar-refractivity contribution in [2.75, 3.05) is 6.54 Å². The molecule has 0 spiro atoms. The number of carbonyl (C=O) groups excluding carboxylic acids is 1. The van der Waals surface area contributed by atoms with Crippen LogP contribution < -0.4 is 0 Å². The van der Waals surface area contributed by atoms with Gasteiger partial charge in [0, 0.05) is 53.3 Å². The number of aromatic nitrogens is 7. The summed E-state index contributed by atoms with van der Waals surface area (Å²) in [7, 11) is 0. The smallest absolute Gasteiger partial charge is 0.247 e. The van der Waals surface area contributed by atoms with Crippen molar-refractivity contribution in [3.8, 4) is 16.9 Å². The fourth-order valence-corrected chi connectivity index (χ4v) is 5.36. The number of carbonyl (C=O) groups is 1.